The lowest BCUT2D eigenvalue weighted by Gasteiger charge is -2.24. The van der Waals surface area contributed by atoms with Crippen molar-refractivity contribution in [2.45, 2.75) is 26.7 Å². The molecule has 0 saturated carbocycles. The Morgan fingerprint density at radius 1 is 1.29 bits per heavy atom. The van der Waals surface area contributed by atoms with Gasteiger partial charge < -0.3 is 11.1 Å². The van der Waals surface area contributed by atoms with E-state index in [0.717, 1.165) is 18.4 Å². The lowest BCUT2D eigenvalue weighted by molar-refractivity contribution is 0.0936. The fourth-order valence-electron chi connectivity index (χ4n) is 2.26. The van der Waals surface area contributed by atoms with Crippen LogP contribution in [0.5, 0.6) is 0 Å². The Bertz CT molecular complexity index is 619. The first kappa shape index (κ1) is 15.4. The third kappa shape index (κ3) is 3.98. The van der Waals surface area contributed by atoms with Crippen LogP contribution < -0.4 is 11.1 Å². The quantitative estimate of drug-likeness (QED) is 0.852. The summed E-state index contributed by atoms with van der Waals surface area (Å²) in [6.07, 6.45) is 5.17. The van der Waals surface area contributed by atoms with Gasteiger partial charge >= 0.3 is 0 Å². The van der Waals surface area contributed by atoms with E-state index in [4.69, 9.17) is 5.73 Å². The van der Waals surface area contributed by atoms with E-state index in [1.165, 1.54) is 0 Å². The summed E-state index contributed by atoms with van der Waals surface area (Å²) >= 11 is 0. The van der Waals surface area contributed by atoms with Gasteiger partial charge in [0.1, 0.15) is 5.52 Å². The second kappa shape index (κ2) is 6.63. The smallest absolute Gasteiger partial charge is 0.253 e. The summed E-state index contributed by atoms with van der Waals surface area (Å²) in [5, 5.41) is 2.99. The molecule has 1 amide bonds. The average molecular weight is 286 g/mol. The van der Waals surface area contributed by atoms with Crippen LogP contribution in [0.4, 0.5) is 0 Å². The molecule has 3 N–H and O–H groups in total. The molecule has 1 aromatic carbocycles. The molecule has 0 unspecified atom stereocenters. The van der Waals surface area contributed by atoms with Gasteiger partial charge in [0.2, 0.25) is 0 Å². The maximum absolute atomic E-state index is 12.4. The fraction of sp³-hybridized carbons (Fsp3) is 0.438. The largest absolute Gasteiger partial charge is 0.351 e. The van der Waals surface area contributed by atoms with Crippen LogP contribution in [0, 0.1) is 5.41 Å². The van der Waals surface area contributed by atoms with E-state index in [1.807, 2.05) is 12.1 Å². The number of carbonyl (C=O) groups excluding carboxylic acids is 1. The average Bonchev–Trinajstić information content (AvgIpc) is 2.50. The highest BCUT2D eigenvalue weighted by atomic mass is 16.1. The predicted molar refractivity (Wildman–Crippen MR) is 83.9 cm³/mol. The summed E-state index contributed by atoms with van der Waals surface area (Å²) in [5.74, 6) is -0.109. The monoisotopic (exact) mass is 286 g/mol. The van der Waals surface area contributed by atoms with Gasteiger partial charge in [-0.25, -0.2) is 0 Å². The van der Waals surface area contributed by atoms with Crippen LogP contribution >= 0.6 is 0 Å². The van der Waals surface area contributed by atoms with Crippen molar-refractivity contribution in [3.8, 4) is 0 Å². The van der Waals surface area contributed by atoms with Gasteiger partial charge in [0, 0.05) is 18.9 Å². The Balaban J connectivity index is 2.09. The summed E-state index contributed by atoms with van der Waals surface area (Å²) in [7, 11) is 0. The Kier molecular flexibility index (Phi) is 4.85. The zero-order chi connectivity index (χ0) is 15.3. The third-order valence-electron chi connectivity index (χ3n) is 3.53. The molecule has 0 fully saturated rings. The summed E-state index contributed by atoms with van der Waals surface area (Å²) < 4.78 is 0. The van der Waals surface area contributed by atoms with Crippen molar-refractivity contribution < 1.29 is 4.79 Å². The molecule has 0 spiro atoms. The van der Waals surface area contributed by atoms with Gasteiger partial charge in [-0.15, -0.1) is 0 Å². The molecule has 0 atom stereocenters. The SMILES string of the molecule is CC(C)(CCCN)CNC(=O)c1cccc2nccnc12. The molecule has 2 rings (SSSR count). The summed E-state index contributed by atoms with van der Waals surface area (Å²) in [6.45, 7) is 5.55. The maximum atomic E-state index is 12.4. The maximum Gasteiger partial charge on any atom is 0.253 e. The fourth-order valence-corrected chi connectivity index (χ4v) is 2.26. The Labute approximate surface area is 125 Å². The topological polar surface area (TPSA) is 80.9 Å². The second-order valence-electron chi connectivity index (χ2n) is 5.97. The normalized spacial score (nSPS) is 11.6. The van der Waals surface area contributed by atoms with Crippen molar-refractivity contribution in [2.75, 3.05) is 13.1 Å². The standard InChI is InChI=1S/C16H22N4O/c1-16(2,7-4-8-17)11-20-15(21)12-5-3-6-13-14(12)19-10-9-18-13/h3,5-6,9-10H,4,7-8,11,17H2,1-2H3,(H,20,21). The van der Waals surface area contributed by atoms with Crippen molar-refractivity contribution in [1.82, 2.24) is 15.3 Å². The minimum Gasteiger partial charge on any atom is -0.351 e. The van der Waals surface area contributed by atoms with Gasteiger partial charge in [0.05, 0.1) is 11.1 Å². The number of carbonyl (C=O) groups is 1. The highest BCUT2D eigenvalue weighted by Gasteiger charge is 2.19. The molecule has 0 bridgehead atoms. The molecule has 5 nitrogen and oxygen atoms in total. The zero-order valence-electron chi connectivity index (χ0n) is 12.6. The van der Waals surface area contributed by atoms with Crippen LogP contribution in [0.1, 0.15) is 37.0 Å². The molecule has 0 aliphatic carbocycles. The third-order valence-corrected chi connectivity index (χ3v) is 3.53. The molecule has 1 aromatic heterocycles. The molecule has 21 heavy (non-hydrogen) atoms. The van der Waals surface area contributed by atoms with E-state index in [0.29, 0.717) is 24.2 Å². The number of nitrogens with one attached hydrogen (secondary N) is 1. The number of hydrogen-bond acceptors (Lipinski definition) is 4. The van der Waals surface area contributed by atoms with Crippen molar-refractivity contribution >= 4 is 16.9 Å². The summed E-state index contributed by atoms with van der Waals surface area (Å²) in [6, 6.07) is 5.45. The first-order valence-corrected chi connectivity index (χ1v) is 7.21. The molecule has 0 aliphatic rings. The number of amides is 1. The van der Waals surface area contributed by atoms with Gasteiger partial charge in [-0.3, -0.25) is 14.8 Å². The molecule has 112 valence electrons. The van der Waals surface area contributed by atoms with Crippen LogP contribution in [0.15, 0.2) is 30.6 Å². The van der Waals surface area contributed by atoms with Crippen LogP contribution in [0.2, 0.25) is 0 Å². The number of nitrogens with two attached hydrogens (primary N) is 1. The Morgan fingerprint density at radius 3 is 2.81 bits per heavy atom. The Hall–Kier alpha value is -2.01. The number of aromatic nitrogens is 2. The molecular formula is C16H22N4O. The van der Waals surface area contributed by atoms with E-state index < -0.39 is 0 Å². The highest BCUT2D eigenvalue weighted by molar-refractivity contribution is 6.04. The number of hydrogen-bond donors (Lipinski definition) is 2. The van der Waals surface area contributed by atoms with Crippen molar-refractivity contribution in [1.29, 1.82) is 0 Å². The molecule has 1 heterocycles. The number of fused-ring (bicyclic) bond motifs is 1. The van der Waals surface area contributed by atoms with E-state index in [9.17, 15) is 4.79 Å². The Morgan fingerprint density at radius 2 is 2.05 bits per heavy atom. The zero-order valence-corrected chi connectivity index (χ0v) is 12.6. The lowest BCUT2D eigenvalue weighted by Crippen LogP contribution is -2.34. The first-order valence-electron chi connectivity index (χ1n) is 7.21. The van der Waals surface area contributed by atoms with Gasteiger partial charge in [0.25, 0.3) is 5.91 Å². The number of rotatable bonds is 6. The summed E-state index contributed by atoms with van der Waals surface area (Å²) in [5.41, 5.74) is 7.51. The van der Waals surface area contributed by atoms with Crippen LogP contribution in [-0.2, 0) is 0 Å². The van der Waals surface area contributed by atoms with Crippen LogP contribution in [-0.4, -0.2) is 29.0 Å². The molecule has 2 aromatic rings. The second-order valence-corrected chi connectivity index (χ2v) is 5.97. The van der Waals surface area contributed by atoms with Gasteiger partial charge in [-0.05, 0) is 36.9 Å². The lowest BCUT2D eigenvalue weighted by atomic mass is 9.87. The molecule has 5 heteroatoms. The van der Waals surface area contributed by atoms with Crippen molar-refractivity contribution in [3.63, 3.8) is 0 Å². The van der Waals surface area contributed by atoms with E-state index in [1.54, 1.807) is 18.5 Å². The predicted octanol–water partition coefficient (Wildman–Crippen LogP) is 2.12. The van der Waals surface area contributed by atoms with E-state index >= 15 is 0 Å². The van der Waals surface area contributed by atoms with Gasteiger partial charge in [0.15, 0.2) is 0 Å². The first-order chi connectivity index (χ1) is 10.0. The minimum atomic E-state index is -0.109. The summed E-state index contributed by atoms with van der Waals surface area (Å²) in [4.78, 5) is 20.8. The van der Waals surface area contributed by atoms with E-state index in [-0.39, 0.29) is 11.3 Å². The number of para-hydroxylation sites is 1. The number of nitrogens with zero attached hydrogens (tertiary/aromatic N) is 2. The highest BCUT2D eigenvalue weighted by Crippen LogP contribution is 2.21. The van der Waals surface area contributed by atoms with Gasteiger partial charge in [-0.2, -0.15) is 0 Å². The molecular weight excluding hydrogens is 264 g/mol. The van der Waals surface area contributed by atoms with Crippen molar-refractivity contribution in [2.24, 2.45) is 11.1 Å². The van der Waals surface area contributed by atoms with Crippen molar-refractivity contribution in [3.05, 3.63) is 36.2 Å². The van der Waals surface area contributed by atoms with E-state index in [2.05, 4.69) is 29.1 Å². The van der Waals surface area contributed by atoms with Crippen LogP contribution in [0.25, 0.3) is 11.0 Å². The molecule has 0 saturated heterocycles. The number of benzene rings is 1. The minimum absolute atomic E-state index is 0.0330. The van der Waals surface area contributed by atoms with Crippen LogP contribution in [0.3, 0.4) is 0 Å². The molecule has 0 radical (unpaired) electrons. The van der Waals surface area contributed by atoms with Gasteiger partial charge in [-0.1, -0.05) is 19.9 Å². The molecule has 0 aliphatic heterocycles.